The molecule has 2 aromatic carbocycles. The quantitative estimate of drug-likeness (QED) is 0.413. The number of aromatic amines is 1. The van der Waals surface area contributed by atoms with E-state index in [-0.39, 0.29) is 11.9 Å². The fraction of sp³-hybridized carbons (Fsp3) is 0.174. The molecule has 2 heterocycles. The van der Waals surface area contributed by atoms with Crippen molar-refractivity contribution >= 4 is 28.2 Å². The topological polar surface area (TPSA) is 40.7 Å². The van der Waals surface area contributed by atoms with Gasteiger partial charge in [0.25, 0.3) is 0 Å². The number of anilines is 1. The molecule has 0 amide bonds. The number of hydrogen-bond acceptors (Lipinski definition) is 2. The van der Waals surface area contributed by atoms with E-state index >= 15 is 0 Å². The van der Waals surface area contributed by atoms with E-state index in [4.69, 9.17) is 16.6 Å². The Bertz CT molecular complexity index is 1050. The minimum atomic E-state index is -0.254. The molecule has 0 spiro atoms. The minimum absolute atomic E-state index is 0.0900. The van der Waals surface area contributed by atoms with Gasteiger partial charge in [-0.1, -0.05) is 23.7 Å². The van der Waals surface area contributed by atoms with Crippen molar-refractivity contribution in [1.29, 1.82) is 0 Å². The van der Waals surface area contributed by atoms with Gasteiger partial charge in [0.05, 0.1) is 17.3 Å². The monoisotopic (exact) mass is 393 g/mol. The first-order valence-corrected chi connectivity index (χ1v) is 9.59. The summed E-state index contributed by atoms with van der Waals surface area (Å²) in [7, 11) is 0. The maximum atomic E-state index is 13.3. The van der Waals surface area contributed by atoms with Crippen LogP contribution in [0.15, 0.2) is 60.8 Å². The Morgan fingerprint density at radius 3 is 2.46 bits per heavy atom. The van der Waals surface area contributed by atoms with Crippen molar-refractivity contribution in [3.63, 3.8) is 0 Å². The standard InChI is InChI=1S/C23H21ClFN3/c1-14-15(2)27-22-20(14)11-12-26-23(22)21(13-16-3-5-17(24)6-4-16)28-19-9-7-18(25)8-10-19/h3-12,21,27-28H,13H2,1-2H3. The number of hydrogen-bond donors (Lipinski definition) is 2. The van der Waals surface area contributed by atoms with Gasteiger partial charge in [0, 0.05) is 28.0 Å². The normalized spacial score (nSPS) is 12.3. The summed E-state index contributed by atoms with van der Waals surface area (Å²) in [5, 5.41) is 5.41. The average molecular weight is 394 g/mol. The Labute approximate surface area is 168 Å². The molecule has 0 aliphatic heterocycles. The molecule has 0 aliphatic carbocycles. The highest BCUT2D eigenvalue weighted by Gasteiger charge is 2.19. The lowest BCUT2D eigenvalue weighted by molar-refractivity contribution is 0.627. The predicted molar refractivity (Wildman–Crippen MR) is 113 cm³/mol. The molecule has 0 radical (unpaired) electrons. The van der Waals surface area contributed by atoms with Gasteiger partial charge in [0.15, 0.2) is 0 Å². The molecule has 4 aromatic rings. The van der Waals surface area contributed by atoms with Crippen LogP contribution in [0.1, 0.15) is 28.6 Å². The van der Waals surface area contributed by atoms with Crippen LogP contribution in [0.5, 0.6) is 0 Å². The molecule has 0 aliphatic rings. The zero-order valence-corrected chi connectivity index (χ0v) is 16.5. The van der Waals surface area contributed by atoms with Crippen LogP contribution in [0.25, 0.3) is 10.9 Å². The molecule has 0 saturated heterocycles. The Hall–Kier alpha value is -2.85. The van der Waals surface area contributed by atoms with Crippen molar-refractivity contribution in [2.75, 3.05) is 5.32 Å². The summed E-state index contributed by atoms with van der Waals surface area (Å²) in [6.45, 7) is 4.18. The SMILES string of the molecule is Cc1[nH]c2c(C(Cc3ccc(Cl)cc3)Nc3ccc(F)cc3)nccc2c1C. The molecule has 5 heteroatoms. The van der Waals surface area contributed by atoms with Gasteiger partial charge >= 0.3 is 0 Å². The molecule has 1 unspecified atom stereocenters. The molecule has 2 N–H and O–H groups in total. The van der Waals surface area contributed by atoms with Gasteiger partial charge in [-0.25, -0.2) is 4.39 Å². The van der Waals surface area contributed by atoms with E-state index in [0.29, 0.717) is 5.02 Å². The van der Waals surface area contributed by atoms with Crippen LogP contribution in [0.3, 0.4) is 0 Å². The summed E-state index contributed by atoms with van der Waals surface area (Å²) < 4.78 is 13.3. The third-order valence-electron chi connectivity index (χ3n) is 5.13. The van der Waals surface area contributed by atoms with Crippen LogP contribution >= 0.6 is 11.6 Å². The fourth-order valence-corrected chi connectivity index (χ4v) is 3.61. The van der Waals surface area contributed by atoms with E-state index in [1.54, 1.807) is 12.1 Å². The number of nitrogens with one attached hydrogen (secondary N) is 2. The molecular formula is C23H21ClFN3. The van der Waals surface area contributed by atoms with Gasteiger partial charge in [-0.3, -0.25) is 4.98 Å². The van der Waals surface area contributed by atoms with Crippen LogP contribution < -0.4 is 5.32 Å². The van der Waals surface area contributed by atoms with Crippen molar-refractivity contribution in [2.45, 2.75) is 26.3 Å². The molecule has 2 aromatic heterocycles. The largest absolute Gasteiger partial charge is 0.376 e. The van der Waals surface area contributed by atoms with Gasteiger partial charge < -0.3 is 10.3 Å². The van der Waals surface area contributed by atoms with Gasteiger partial charge in [-0.05, 0) is 73.9 Å². The van der Waals surface area contributed by atoms with Crippen LogP contribution in [0, 0.1) is 19.7 Å². The van der Waals surface area contributed by atoms with Crippen LogP contribution in [-0.2, 0) is 6.42 Å². The van der Waals surface area contributed by atoms with Gasteiger partial charge in [0.2, 0.25) is 0 Å². The predicted octanol–water partition coefficient (Wildman–Crippen LogP) is 6.37. The maximum Gasteiger partial charge on any atom is 0.123 e. The number of benzene rings is 2. The zero-order valence-electron chi connectivity index (χ0n) is 15.8. The molecular weight excluding hydrogens is 373 g/mol. The number of rotatable bonds is 5. The van der Waals surface area contributed by atoms with Crippen molar-refractivity contribution in [3.8, 4) is 0 Å². The lowest BCUT2D eigenvalue weighted by atomic mass is 10.0. The second-order valence-electron chi connectivity index (χ2n) is 7.03. The molecule has 0 fully saturated rings. The number of halogens is 2. The Balaban J connectivity index is 1.76. The van der Waals surface area contributed by atoms with Crippen molar-refractivity contribution in [1.82, 2.24) is 9.97 Å². The Morgan fingerprint density at radius 2 is 1.75 bits per heavy atom. The van der Waals surface area contributed by atoms with Crippen molar-refractivity contribution in [3.05, 3.63) is 94.1 Å². The Kier molecular flexibility index (Phi) is 5.05. The third kappa shape index (κ3) is 3.73. The summed E-state index contributed by atoms with van der Waals surface area (Å²) in [6.07, 6.45) is 2.57. The summed E-state index contributed by atoms with van der Waals surface area (Å²) in [5.41, 5.74) is 6.32. The maximum absolute atomic E-state index is 13.3. The lowest BCUT2D eigenvalue weighted by Gasteiger charge is -2.21. The number of fused-ring (bicyclic) bond motifs is 1. The first kappa shape index (κ1) is 18.5. The van der Waals surface area contributed by atoms with Crippen LogP contribution in [-0.4, -0.2) is 9.97 Å². The molecule has 28 heavy (non-hydrogen) atoms. The molecule has 0 bridgehead atoms. The van der Waals surface area contributed by atoms with Crippen LogP contribution in [0.2, 0.25) is 5.02 Å². The van der Waals surface area contributed by atoms with E-state index in [1.807, 2.05) is 36.5 Å². The molecule has 3 nitrogen and oxygen atoms in total. The smallest absolute Gasteiger partial charge is 0.123 e. The second kappa shape index (κ2) is 7.64. The highest BCUT2D eigenvalue weighted by Crippen LogP contribution is 2.30. The van der Waals surface area contributed by atoms with E-state index < -0.39 is 0 Å². The first-order chi connectivity index (χ1) is 13.5. The molecule has 0 saturated carbocycles. The van der Waals surface area contributed by atoms with E-state index in [2.05, 4.69) is 24.1 Å². The first-order valence-electron chi connectivity index (χ1n) is 9.21. The fourth-order valence-electron chi connectivity index (χ4n) is 3.49. The number of pyridine rings is 1. The zero-order chi connectivity index (χ0) is 19.7. The number of H-pyrrole nitrogens is 1. The van der Waals surface area contributed by atoms with E-state index in [9.17, 15) is 4.39 Å². The van der Waals surface area contributed by atoms with Gasteiger partial charge in [0.1, 0.15) is 5.82 Å². The Morgan fingerprint density at radius 1 is 1.04 bits per heavy atom. The highest BCUT2D eigenvalue weighted by atomic mass is 35.5. The molecule has 1 atom stereocenters. The van der Waals surface area contributed by atoms with E-state index in [1.165, 1.54) is 23.1 Å². The number of nitrogens with zero attached hydrogens (tertiary/aromatic N) is 1. The highest BCUT2D eigenvalue weighted by molar-refractivity contribution is 6.30. The lowest BCUT2D eigenvalue weighted by Crippen LogP contribution is -2.16. The second-order valence-corrected chi connectivity index (χ2v) is 7.46. The summed E-state index contributed by atoms with van der Waals surface area (Å²) in [5.74, 6) is -0.254. The third-order valence-corrected chi connectivity index (χ3v) is 5.38. The van der Waals surface area contributed by atoms with Gasteiger partial charge in [-0.2, -0.15) is 0 Å². The molecule has 4 rings (SSSR count). The summed E-state index contributed by atoms with van der Waals surface area (Å²) >= 11 is 6.04. The van der Waals surface area contributed by atoms with E-state index in [0.717, 1.165) is 34.6 Å². The van der Waals surface area contributed by atoms with Crippen molar-refractivity contribution in [2.24, 2.45) is 0 Å². The van der Waals surface area contributed by atoms with Crippen molar-refractivity contribution < 1.29 is 4.39 Å². The average Bonchev–Trinajstić information content (AvgIpc) is 2.99. The number of aryl methyl sites for hydroxylation is 2. The number of aromatic nitrogens is 2. The van der Waals surface area contributed by atoms with Crippen LogP contribution in [0.4, 0.5) is 10.1 Å². The summed E-state index contributed by atoms with van der Waals surface area (Å²) in [4.78, 5) is 8.18. The minimum Gasteiger partial charge on any atom is -0.376 e. The summed E-state index contributed by atoms with van der Waals surface area (Å²) in [6, 6.07) is 16.2. The van der Waals surface area contributed by atoms with Gasteiger partial charge in [-0.15, -0.1) is 0 Å². The molecule has 142 valence electrons.